The Hall–Kier alpha value is -3.97. The van der Waals surface area contributed by atoms with Gasteiger partial charge < -0.3 is 33.5 Å². The Kier molecular flexibility index (Phi) is 13.9. The molecule has 1 spiro atoms. The zero-order valence-corrected chi connectivity index (χ0v) is 37.1. The van der Waals surface area contributed by atoms with Crippen LogP contribution in [0.3, 0.4) is 0 Å². The van der Waals surface area contributed by atoms with Gasteiger partial charge in [0.15, 0.2) is 11.9 Å². The molecule has 3 saturated heterocycles. The van der Waals surface area contributed by atoms with Crippen molar-refractivity contribution in [3.63, 3.8) is 0 Å². The molecule has 5 aliphatic rings. The van der Waals surface area contributed by atoms with Crippen LogP contribution in [-0.2, 0) is 33.2 Å². The molecule has 2 bridgehead atoms. The summed E-state index contributed by atoms with van der Waals surface area (Å²) in [6.45, 7) is 12.1. The Morgan fingerprint density at radius 2 is 1.67 bits per heavy atom. The molecule has 2 aromatic rings. The van der Waals surface area contributed by atoms with Gasteiger partial charge in [0.2, 0.25) is 0 Å². The number of esters is 2. The summed E-state index contributed by atoms with van der Waals surface area (Å²) in [5.41, 5.74) is 0.616. The van der Waals surface area contributed by atoms with Crippen molar-refractivity contribution < 1.29 is 47.9 Å². The fourth-order valence-electron chi connectivity index (χ4n) is 9.45. The minimum Gasteiger partial charge on any atom is -0.462 e. The number of carbonyl (C=O) groups is 3. The van der Waals surface area contributed by atoms with Crippen LogP contribution < -0.4 is 5.32 Å². The van der Waals surface area contributed by atoms with Gasteiger partial charge in [-0.3, -0.25) is 10.1 Å². The summed E-state index contributed by atoms with van der Waals surface area (Å²) in [7, 11) is 0. The molecule has 4 aliphatic heterocycles. The van der Waals surface area contributed by atoms with Gasteiger partial charge in [0, 0.05) is 40.9 Å². The van der Waals surface area contributed by atoms with Crippen molar-refractivity contribution in [1.82, 2.24) is 0 Å². The summed E-state index contributed by atoms with van der Waals surface area (Å²) >= 11 is 12.2. The van der Waals surface area contributed by atoms with E-state index in [2.05, 4.69) is 26.1 Å². The van der Waals surface area contributed by atoms with E-state index in [1.807, 2.05) is 26.0 Å². The van der Waals surface area contributed by atoms with Crippen LogP contribution in [0.4, 0.5) is 10.5 Å². The number of benzene rings is 2. The second kappa shape index (κ2) is 18.8. The van der Waals surface area contributed by atoms with Crippen molar-refractivity contribution in [3.05, 3.63) is 111 Å². The van der Waals surface area contributed by atoms with E-state index >= 15 is 0 Å². The summed E-state index contributed by atoms with van der Waals surface area (Å²) in [6.07, 6.45) is 7.94. The van der Waals surface area contributed by atoms with E-state index < -0.39 is 65.9 Å². The average Bonchev–Trinajstić information content (AvgIpc) is 3.57. The van der Waals surface area contributed by atoms with Gasteiger partial charge in [-0.2, -0.15) is 0 Å². The van der Waals surface area contributed by atoms with Crippen LogP contribution in [-0.4, -0.2) is 77.8 Å². The molecule has 61 heavy (non-hydrogen) atoms. The topological polar surface area (TPSA) is 139 Å². The SMILES string of the molecule is CC[C@H](C)[C@H]1O[C@]2(CC[C@@H]1C)C[C@@H]1C[C@@H](C/C=C(\C)[C@@H](OC(=O)c3ccc(Cl)cc3)[C@@H](C)/C=C/C=C3\CO[C@@H]4[C@H](OC(=O)Nc5ccc(Cl)cc5)C(C)=C[C@@H](C(=O)O1)[C@]34O)O2. The van der Waals surface area contributed by atoms with E-state index in [4.69, 9.17) is 51.6 Å². The summed E-state index contributed by atoms with van der Waals surface area (Å²) in [4.78, 5) is 41.5. The first-order valence-electron chi connectivity index (χ1n) is 21.4. The van der Waals surface area contributed by atoms with Gasteiger partial charge in [0.05, 0.1) is 24.4 Å². The number of anilines is 1. The van der Waals surface area contributed by atoms with Crippen molar-refractivity contribution in [2.24, 2.45) is 23.7 Å². The highest BCUT2D eigenvalue weighted by atomic mass is 35.5. The van der Waals surface area contributed by atoms with Crippen LogP contribution in [0.5, 0.6) is 0 Å². The van der Waals surface area contributed by atoms with E-state index in [0.29, 0.717) is 64.0 Å². The van der Waals surface area contributed by atoms with Gasteiger partial charge in [-0.15, -0.1) is 0 Å². The summed E-state index contributed by atoms with van der Waals surface area (Å²) in [6, 6.07) is 13.1. The number of fused-ring (bicyclic) bond motifs is 2. The smallest absolute Gasteiger partial charge is 0.412 e. The lowest BCUT2D eigenvalue weighted by Gasteiger charge is -2.51. The molecule has 1 amide bonds. The summed E-state index contributed by atoms with van der Waals surface area (Å²) in [5.74, 6) is -3.04. The zero-order chi connectivity index (χ0) is 43.6. The van der Waals surface area contributed by atoms with Crippen LogP contribution in [0.25, 0.3) is 0 Å². The number of allylic oxidation sites excluding steroid dienone is 2. The number of hydrogen-bond acceptors (Lipinski definition) is 10. The molecule has 0 aromatic heterocycles. The third-order valence-electron chi connectivity index (χ3n) is 13.1. The number of aliphatic hydroxyl groups is 1. The maximum atomic E-state index is 14.6. The monoisotopic (exact) mass is 877 g/mol. The van der Waals surface area contributed by atoms with Gasteiger partial charge in [-0.1, -0.05) is 87.7 Å². The molecule has 0 unspecified atom stereocenters. The van der Waals surface area contributed by atoms with Gasteiger partial charge in [0.25, 0.3) is 0 Å². The van der Waals surface area contributed by atoms with Crippen molar-refractivity contribution in [2.75, 3.05) is 11.9 Å². The number of amides is 1. The molecule has 12 atom stereocenters. The van der Waals surface area contributed by atoms with Gasteiger partial charge in [-0.05, 0) is 104 Å². The average molecular weight is 879 g/mol. The van der Waals surface area contributed by atoms with Crippen molar-refractivity contribution in [3.8, 4) is 0 Å². The molecule has 4 heterocycles. The lowest BCUT2D eigenvalue weighted by Crippen LogP contribution is -2.59. The van der Waals surface area contributed by atoms with Crippen LogP contribution >= 0.6 is 23.2 Å². The molecule has 3 fully saturated rings. The molecule has 13 heteroatoms. The highest BCUT2D eigenvalue weighted by molar-refractivity contribution is 6.31. The minimum absolute atomic E-state index is 0.0455. The van der Waals surface area contributed by atoms with Gasteiger partial charge in [-0.25, -0.2) is 9.59 Å². The number of rotatable bonds is 6. The lowest BCUT2D eigenvalue weighted by molar-refractivity contribution is -0.340. The Morgan fingerprint density at radius 1 is 0.967 bits per heavy atom. The number of carbonyl (C=O) groups excluding carboxylic acids is 3. The Morgan fingerprint density at radius 3 is 2.38 bits per heavy atom. The second-order valence-electron chi connectivity index (χ2n) is 17.5. The standard InChI is InChI=1S/C48H57Cl2NO10/c1-7-27(2)41-30(5)21-22-47(61-41)25-38-24-37(60-47)20-11-29(4)40(58-44(52)32-12-14-34(49)15-13-32)28(3)9-8-10-33-26-56-43-42(31(6)23-39(45(53)57-38)48(33,43)55)59-46(54)51-36-18-16-35(50)17-19-36/h8-19,23,27-28,30,37-43,55H,7,20-22,24-26H2,1-6H3,(H,51,54)/b9-8+,29-11+,33-10+/t27-,28-,30-,37+,38-,39-,40-,41+,42+,43+,47+,48+/m0/s1. The first kappa shape index (κ1) is 45.1. The van der Waals surface area contributed by atoms with Gasteiger partial charge >= 0.3 is 18.0 Å². The quantitative estimate of drug-likeness (QED) is 0.164. The number of halogens is 2. The molecule has 2 N–H and O–H groups in total. The molecule has 328 valence electrons. The normalized spacial score (nSPS) is 36.8. The minimum atomic E-state index is -1.95. The lowest BCUT2D eigenvalue weighted by atomic mass is 9.70. The number of hydrogen-bond donors (Lipinski definition) is 2. The van der Waals surface area contributed by atoms with Crippen LogP contribution in [0.15, 0.2) is 95.6 Å². The van der Waals surface area contributed by atoms with Gasteiger partial charge in [0.1, 0.15) is 29.8 Å². The Balaban J connectivity index is 1.25. The second-order valence-corrected chi connectivity index (χ2v) is 18.4. The highest BCUT2D eigenvalue weighted by Crippen LogP contribution is 2.48. The first-order chi connectivity index (χ1) is 29.1. The molecule has 0 saturated carbocycles. The zero-order valence-electron chi connectivity index (χ0n) is 35.6. The van der Waals surface area contributed by atoms with Crippen molar-refractivity contribution >= 4 is 46.9 Å². The molecule has 1 aliphatic carbocycles. The Labute approximate surface area is 368 Å². The summed E-state index contributed by atoms with van der Waals surface area (Å²) in [5, 5.41) is 16.6. The predicted octanol–water partition coefficient (Wildman–Crippen LogP) is 9.96. The third kappa shape index (κ3) is 9.82. The molecule has 0 radical (unpaired) electrons. The molecular formula is C48H57Cl2NO10. The van der Waals surface area contributed by atoms with E-state index in [9.17, 15) is 19.5 Å². The molecule has 7 rings (SSSR count). The molecular weight excluding hydrogens is 821 g/mol. The first-order valence-corrected chi connectivity index (χ1v) is 22.2. The fourth-order valence-corrected chi connectivity index (χ4v) is 9.70. The predicted molar refractivity (Wildman–Crippen MR) is 232 cm³/mol. The maximum absolute atomic E-state index is 14.6. The fraction of sp³-hybridized carbons (Fsp3) is 0.521. The van der Waals surface area contributed by atoms with E-state index in [-0.39, 0.29) is 24.5 Å². The number of nitrogens with one attached hydrogen (secondary N) is 1. The van der Waals surface area contributed by atoms with E-state index in [1.54, 1.807) is 73.7 Å². The van der Waals surface area contributed by atoms with Crippen LogP contribution in [0, 0.1) is 23.7 Å². The number of ether oxygens (including phenoxy) is 6. The summed E-state index contributed by atoms with van der Waals surface area (Å²) < 4.78 is 38.7. The highest BCUT2D eigenvalue weighted by Gasteiger charge is 2.61. The van der Waals surface area contributed by atoms with Crippen molar-refractivity contribution in [1.29, 1.82) is 0 Å². The van der Waals surface area contributed by atoms with Crippen LogP contribution in [0.2, 0.25) is 10.0 Å². The van der Waals surface area contributed by atoms with E-state index in [1.165, 1.54) is 0 Å². The largest absolute Gasteiger partial charge is 0.462 e. The maximum Gasteiger partial charge on any atom is 0.412 e. The molecule has 2 aromatic carbocycles. The third-order valence-corrected chi connectivity index (χ3v) is 13.6. The van der Waals surface area contributed by atoms with E-state index in [0.717, 1.165) is 18.4 Å². The Bertz CT molecular complexity index is 2060. The van der Waals surface area contributed by atoms with Crippen LogP contribution in [0.1, 0.15) is 90.4 Å². The van der Waals surface area contributed by atoms with Crippen molar-refractivity contribution in [2.45, 2.75) is 128 Å². The molecule has 11 nitrogen and oxygen atoms in total.